The van der Waals surface area contributed by atoms with Crippen LogP contribution in [0.5, 0.6) is 0 Å². The van der Waals surface area contributed by atoms with Crippen molar-refractivity contribution in [3.8, 4) is 5.95 Å². The van der Waals surface area contributed by atoms with Crippen molar-refractivity contribution in [3.05, 3.63) is 36.4 Å². The molecule has 24 heavy (non-hydrogen) atoms. The molecule has 0 saturated carbocycles. The third kappa shape index (κ3) is 2.56. The number of para-hydroxylation sites is 2. The summed E-state index contributed by atoms with van der Waals surface area (Å²) in [5, 5.41) is 0. The van der Waals surface area contributed by atoms with E-state index < -0.39 is 12.2 Å². The topological polar surface area (TPSA) is 69.0 Å². The van der Waals surface area contributed by atoms with Crippen LogP contribution in [0.15, 0.2) is 24.3 Å². The van der Waals surface area contributed by atoms with Crippen molar-refractivity contribution >= 4 is 17.0 Å². The number of anilines is 1. The van der Waals surface area contributed by atoms with Crippen molar-refractivity contribution < 1.29 is 13.5 Å². The second kappa shape index (κ2) is 6.08. The number of ether oxygens (including phenoxy) is 1. The number of aromatic nitrogens is 5. The first kappa shape index (κ1) is 14.9. The van der Waals surface area contributed by atoms with E-state index in [0.29, 0.717) is 43.3 Å². The van der Waals surface area contributed by atoms with Gasteiger partial charge in [-0.25, -0.2) is 13.8 Å². The van der Waals surface area contributed by atoms with Gasteiger partial charge in [0, 0.05) is 13.1 Å². The number of rotatable bonds is 3. The Morgan fingerprint density at radius 2 is 1.79 bits per heavy atom. The summed E-state index contributed by atoms with van der Waals surface area (Å²) in [5.41, 5.74) is 0.974. The van der Waals surface area contributed by atoms with Gasteiger partial charge in [0.1, 0.15) is 0 Å². The number of benzene rings is 1. The zero-order valence-corrected chi connectivity index (χ0v) is 12.6. The van der Waals surface area contributed by atoms with Gasteiger partial charge >= 0.3 is 0 Å². The summed E-state index contributed by atoms with van der Waals surface area (Å²) in [6.07, 6.45) is -0.242. The van der Waals surface area contributed by atoms with Crippen LogP contribution in [-0.2, 0) is 4.74 Å². The maximum absolute atomic E-state index is 13.4. The molecular weight excluding hydrogens is 318 g/mol. The maximum Gasteiger partial charge on any atom is 0.296 e. The molecule has 0 atom stereocenters. The molecule has 123 valence electrons. The minimum atomic E-state index is -2.75. The number of morpholine rings is 1. The molecule has 2 aromatic heterocycles. The van der Waals surface area contributed by atoms with Gasteiger partial charge in [-0.15, -0.1) is 0 Å². The second-order valence-electron chi connectivity index (χ2n) is 5.23. The Morgan fingerprint density at radius 1 is 1.04 bits per heavy atom. The summed E-state index contributed by atoms with van der Waals surface area (Å²) in [7, 11) is 0. The summed E-state index contributed by atoms with van der Waals surface area (Å²) in [6.45, 7) is 2.39. The van der Waals surface area contributed by atoms with Crippen molar-refractivity contribution in [3.63, 3.8) is 0 Å². The summed E-state index contributed by atoms with van der Waals surface area (Å²) >= 11 is 0. The molecule has 1 aliphatic rings. The first-order valence-electron chi connectivity index (χ1n) is 7.45. The lowest BCUT2D eigenvalue weighted by Crippen LogP contribution is -2.37. The highest BCUT2D eigenvalue weighted by molar-refractivity contribution is 5.77. The van der Waals surface area contributed by atoms with E-state index in [-0.39, 0.29) is 5.95 Å². The van der Waals surface area contributed by atoms with Crippen LogP contribution in [0.1, 0.15) is 12.2 Å². The van der Waals surface area contributed by atoms with Gasteiger partial charge in [0.05, 0.1) is 24.2 Å². The van der Waals surface area contributed by atoms with E-state index in [1.807, 2.05) is 4.90 Å². The molecule has 0 N–H and O–H groups in total. The molecule has 9 heteroatoms. The van der Waals surface area contributed by atoms with Crippen LogP contribution in [0.3, 0.4) is 0 Å². The zero-order chi connectivity index (χ0) is 16.5. The van der Waals surface area contributed by atoms with E-state index in [0.717, 1.165) is 0 Å². The fraction of sp³-hybridized carbons (Fsp3) is 0.333. The number of imidazole rings is 1. The van der Waals surface area contributed by atoms with E-state index in [9.17, 15) is 8.78 Å². The summed E-state index contributed by atoms with van der Waals surface area (Å²) in [4.78, 5) is 18.2. The Balaban J connectivity index is 1.83. The molecular formula is C15H13F2N6O. The molecule has 0 amide bonds. The van der Waals surface area contributed by atoms with Crippen molar-refractivity contribution in [2.75, 3.05) is 31.2 Å². The first-order chi connectivity index (χ1) is 11.7. The summed E-state index contributed by atoms with van der Waals surface area (Å²) in [5.74, 6) is 0.0699. The van der Waals surface area contributed by atoms with Crippen molar-refractivity contribution in [1.29, 1.82) is 0 Å². The number of nitrogens with zero attached hydrogens (tertiary/aromatic N) is 6. The standard InChI is InChI=1S/C15H13F2N6O/c16-12(17)13-20-10-3-1-2-4-11(10)23(13)15-19-9-18-14(21-15)22-5-7-24-8-6-22/h1-4,12H,5-8H2. The Hall–Kier alpha value is -2.68. The Kier molecular flexibility index (Phi) is 3.77. The highest BCUT2D eigenvalue weighted by atomic mass is 19.3. The SMILES string of the molecule is FC(F)c1nc2ccccc2n1-c1n[c]nc(N2CCOCC2)n1. The van der Waals surface area contributed by atoms with Gasteiger partial charge in [0.2, 0.25) is 18.2 Å². The zero-order valence-electron chi connectivity index (χ0n) is 12.6. The lowest BCUT2D eigenvalue weighted by molar-refractivity contribution is 0.122. The average Bonchev–Trinajstić information content (AvgIpc) is 3.02. The molecule has 3 heterocycles. The third-order valence-corrected chi connectivity index (χ3v) is 3.78. The second-order valence-corrected chi connectivity index (χ2v) is 5.23. The van der Waals surface area contributed by atoms with Gasteiger partial charge in [-0.3, -0.25) is 4.57 Å². The van der Waals surface area contributed by atoms with Crippen LogP contribution in [0.4, 0.5) is 14.7 Å². The van der Waals surface area contributed by atoms with Gasteiger partial charge in [0.15, 0.2) is 5.82 Å². The smallest absolute Gasteiger partial charge is 0.296 e. The molecule has 0 spiro atoms. The quantitative estimate of drug-likeness (QED) is 0.729. The number of fused-ring (bicyclic) bond motifs is 1. The van der Waals surface area contributed by atoms with E-state index in [1.54, 1.807) is 24.3 Å². The summed E-state index contributed by atoms with van der Waals surface area (Å²) < 4.78 is 33.4. The number of halogens is 2. The first-order valence-corrected chi connectivity index (χ1v) is 7.45. The molecule has 4 rings (SSSR count). The van der Waals surface area contributed by atoms with Crippen LogP contribution in [-0.4, -0.2) is 50.8 Å². The normalized spacial score (nSPS) is 15.4. The summed E-state index contributed by atoms with van der Waals surface area (Å²) in [6, 6.07) is 6.87. The molecule has 1 aliphatic heterocycles. The predicted octanol–water partition coefficient (Wildman–Crippen LogP) is 1.78. The van der Waals surface area contributed by atoms with Crippen molar-refractivity contribution in [1.82, 2.24) is 24.5 Å². The van der Waals surface area contributed by atoms with Crippen molar-refractivity contribution in [2.24, 2.45) is 0 Å². The largest absolute Gasteiger partial charge is 0.378 e. The minimum absolute atomic E-state index is 0.0792. The van der Waals surface area contributed by atoms with Crippen LogP contribution < -0.4 is 4.90 Å². The molecule has 1 radical (unpaired) electrons. The van der Waals surface area contributed by atoms with E-state index in [1.165, 1.54) is 4.57 Å². The lowest BCUT2D eigenvalue weighted by Gasteiger charge is -2.26. The fourth-order valence-electron chi connectivity index (χ4n) is 2.66. The third-order valence-electron chi connectivity index (χ3n) is 3.78. The highest BCUT2D eigenvalue weighted by Crippen LogP contribution is 2.26. The molecule has 1 saturated heterocycles. The number of hydrogen-bond acceptors (Lipinski definition) is 6. The van der Waals surface area contributed by atoms with Gasteiger partial charge in [-0.05, 0) is 12.1 Å². The Labute approximate surface area is 135 Å². The monoisotopic (exact) mass is 331 g/mol. The molecule has 0 unspecified atom stereocenters. The van der Waals surface area contributed by atoms with Gasteiger partial charge < -0.3 is 9.64 Å². The Bertz CT molecular complexity index is 862. The van der Waals surface area contributed by atoms with Crippen molar-refractivity contribution in [2.45, 2.75) is 6.43 Å². The van der Waals surface area contributed by atoms with Crippen LogP contribution in [0.2, 0.25) is 0 Å². The number of alkyl halides is 2. The molecule has 7 nitrogen and oxygen atoms in total. The molecule has 3 aromatic rings. The van der Waals surface area contributed by atoms with Gasteiger partial charge in [0.25, 0.3) is 6.43 Å². The number of hydrogen-bond donors (Lipinski definition) is 0. The predicted molar refractivity (Wildman–Crippen MR) is 81.3 cm³/mol. The minimum Gasteiger partial charge on any atom is -0.378 e. The maximum atomic E-state index is 13.4. The van der Waals surface area contributed by atoms with Gasteiger partial charge in [-0.2, -0.15) is 15.0 Å². The lowest BCUT2D eigenvalue weighted by atomic mass is 10.3. The molecule has 0 aliphatic carbocycles. The highest BCUT2D eigenvalue weighted by Gasteiger charge is 2.23. The van der Waals surface area contributed by atoms with Crippen LogP contribution in [0, 0.1) is 6.33 Å². The van der Waals surface area contributed by atoms with Crippen LogP contribution >= 0.6 is 0 Å². The van der Waals surface area contributed by atoms with E-state index >= 15 is 0 Å². The van der Waals surface area contributed by atoms with Crippen LogP contribution in [0.25, 0.3) is 17.0 Å². The molecule has 0 bridgehead atoms. The Morgan fingerprint density at radius 3 is 2.58 bits per heavy atom. The van der Waals surface area contributed by atoms with E-state index in [4.69, 9.17) is 4.74 Å². The molecule has 1 fully saturated rings. The van der Waals surface area contributed by atoms with E-state index in [2.05, 4.69) is 26.3 Å². The average molecular weight is 331 g/mol. The molecule has 1 aromatic carbocycles. The fourth-order valence-corrected chi connectivity index (χ4v) is 2.66. The van der Waals surface area contributed by atoms with Gasteiger partial charge in [-0.1, -0.05) is 12.1 Å².